The predicted molar refractivity (Wildman–Crippen MR) is 74.0 cm³/mol. The van der Waals surface area contributed by atoms with E-state index in [-0.39, 0.29) is 17.7 Å². The van der Waals surface area contributed by atoms with Crippen LogP contribution in [0.4, 0.5) is 0 Å². The van der Waals surface area contributed by atoms with Gasteiger partial charge in [-0.15, -0.1) is 0 Å². The summed E-state index contributed by atoms with van der Waals surface area (Å²) in [5.41, 5.74) is -1.16. The van der Waals surface area contributed by atoms with Crippen molar-refractivity contribution in [1.29, 1.82) is 0 Å². The van der Waals surface area contributed by atoms with Crippen LogP contribution in [0, 0.1) is 0 Å². The number of rotatable bonds is 4. The zero-order valence-corrected chi connectivity index (χ0v) is 12.0. The van der Waals surface area contributed by atoms with Gasteiger partial charge in [0, 0.05) is 0 Å². The average Bonchev–Trinajstić information content (AvgIpc) is 3.12. The number of imidazole rings is 1. The molecule has 1 fully saturated rings. The number of hydrogen-bond donors (Lipinski definition) is 2. The van der Waals surface area contributed by atoms with E-state index < -0.39 is 24.4 Å². The molecular weight excluding hydrogens is 292 g/mol. The maximum atomic E-state index is 12.0. The largest absolute Gasteiger partial charge is 0.464 e. The van der Waals surface area contributed by atoms with Crippen LogP contribution in [0.25, 0.3) is 11.2 Å². The minimum atomic E-state index is -1.38. The Morgan fingerprint density at radius 3 is 3.18 bits per heavy atom. The van der Waals surface area contributed by atoms with Crippen molar-refractivity contribution in [2.24, 2.45) is 0 Å². The number of carbonyl (C=O) groups is 1. The second kappa shape index (κ2) is 5.50. The maximum Gasteiger partial charge on any atom is 0.340 e. The van der Waals surface area contributed by atoms with E-state index in [1.54, 1.807) is 11.5 Å². The molecule has 1 aliphatic heterocycles. The molecule has 0 saturated carbocycles. The summed E-state index contributed by atoms with van der Waals surface area (Å²) in [5.74, 6) is -0.588. The number of esters is 1. The van der Waals surface area contributed by atoms with Crippen molar-refractivity contribution in [1.82, 2.24) is 19.5 Å². The van der Waals surface area contributed by atoms with Crippen molar-refractivity contribution >= 4 is 17.1 Å². The summed E-state index contributed by atoms with van der Waals surface area (Å²) >= 11 is 0. The van der Waals surface area contributed by atoms with Crippen molar-refractivity contribution in [3.8, 4) is 0 Å². The van der Waals surface area contributed by atoms with Gasteiger partial charge in [-0.2, -0.15) is 0 Å². The first-order valence-electron chi connectivity index (χ1n) is 6.97. The summed E-state index contributed by atoms with van der Waals surface area (Å²) in [6.07, 6.45) is 2.96. The van der Waals surface area contributed by atoms with Crippen LogP contribution in [0.2, 0.25) is 0 Å². The molecule has 9 heteroatoms. The van der Waals surface area contributed by atoms with Crippen molar-refractivity contribution < 1.29 is 19.4 Å². The molecule has 0 amide bonds. The molecule has 2 atom stereocenters. The predicted octanol–water partition coefficient (Wildman–Crippen LogP) is -0.277. The van der Waals surface area contributed by atoms with Crippen LogP contribution in [0.15, 0.2) is 17.4 Å². The molecule has 0 radical (unpaired) electrons. The molecule has 118 valence electrons. The Kier molecular flexibility index (Phi) is 3.67. The number of aromatic amines is 1. The Morgan fingerprint density at radius 1 is 1.64 bits per heavy atom. The van der Waals surface area contributed by atoms with E-state index in [1.807, 2.05) is 0 Å². The van der Waals surface area contributed by atoms with Gasteiger partial charge in [-0.3, -0.25) is 9.36 Å². The highest BCUT2D eigenvalue weighted by Crippen LogP contribution is 2.38. The van der Waals surface area contributed by atoms with Crippen molar-refractivity contribution in [3.05, 3.63) is 23.0 Å². The van der Waals surface area contributed by atoms with E-state index in [4.69, 9.17) is 9.47 Å². The Morgan fingerprint density at radius 2 is 2.45 bits per heavy atom. The highest BCUT2D eigenvalue weighted by Gasteiger charge is 2.48. The molecule has 0 bridgehead atoms. The van der Waals surface area contributed by atoms with Gasteiger partial charge in [0.25, 0.3) is 5.56 Å². The molecule has 22 heavy (non-hydrogen) atoms. The number of H-pyrrole nitrogens is 1. The lowest BCUT2D eigenvalue weighted by Crippen LogP contribution is -2.43. The number of ether oxygens (including phenoxy) is 2. The second-order valence-electron chi connectivity index (χ2n) is 5.04. The first-order chi connectivity index (χ1) is 10.6. The monoisotopic (exact) mass is 308 g/mol. The van der Waals surface area contributed by atoms with Crippen LogP contribution in [0.3, 0.4) is 0 Å². The smallest absolute Gasteiger partial charge is 0.340 e. The molecule has 9 nitrogen and oxygen atoms in total. The first-order valence-corrected chi connectivity index (χ1v) is 6.97. The van der Waals surface area contributed by atoms with Gasteiger partial charge in [0.15, 0.2) is 16.8 Å². The van der Waals surface area contributed by atoms with Gasteiger partial charge < -0.3 is 19.6 Å². The van der Waals surface area contributed by atoms with Crippen LogP contribution >= 0.6 is 0 Å². The highest BCUT2D eigenvalue weighted by atomic mass is 16.6. The van der Waals surface area contributed by atoms with Gasteiger partial charge in [0.05, 0.1) is 25.9 Å². The van der Waals surface area contributed by atoms with Crippen LogP contribution in [0.5, 0.6) is 0 Å². The third kappa shape index (κ3) is 2.18. The van der Waals surface area contributed by atoms with Crippen LogP contribution in [0.1, 0.15) is 26.0 Å². The topological polar surface area (TPSA) is 119 Å². The number of fused-ring (bicyclic) bond motifs is 1. The first kappa shape index (κ1) is 14.7. The zero-order valence-electron chi connectivity index (χ0n) is 12.0. The molecule has 2 N–H and O–H groups in total. The van der Waals surface area contributed by atoms with E-state index in [2.05, 4.69) is 15.0 Å². The molecule has 1 aliphatic rings. The number of aliphatic hydroxyl groups is 1. The Bertz CT molecular complexity index is 754. The Labute approximate surface area is 124 Å². The normalized spacial score (nSPS) is 24.7. The average molecular weight is 308 g/mol. The molecule has 0 aliphatic carbocycles. The third-order valence-electron chi connectivity index (χ3n) is 3.74. The van der Waals surface area contributed by atoms with Gasteiger partial charge in [-0.1, -0.05) is 0 Å². The lowest BCUT2D eigenvalue weighted by atomic mass is 10.0. The fraction of sp³-hybridized carbons (Fsp3) is 0.538. The lowest BCUT2D eigenvalue weighted by Gasteiger charge is -2.25. The molecule has 0 spiro atoms. The molecule has 0 unspecified atom stereocenters. The number of hydrogen-bond acceptors (Lipinski definition) is 7. The van der Waals surface area contributed by atoms with Crippen LogP contribution in [-0.4, -0.2) is 49.4 Å². The second-order valence-corrected chi connectivity index (χ2v) is 5.04. The van der Waals surface area contributed by atoms with E-state index >= 15 is 0 Å². The number of aromatic nitrogens is 4. The summed E-state index contributed by atoms with van der Waals surface area (Å²) in [7, 11) is 0. The quantitative estimate of drug-likeness (QED) is 0.746. The molecule has 2 aromatic rings. The molecular formula is C13H16N4O5. The number of carbonyl (C=O) groups excluding carboxylic acids is 1. The maximum absolute atomic E-state index is 12.0. The van der Waals surface area contributed by atoms with Crippen LogP contribution < -0.4 is 5.56 Å². The van der Waals surface area contributed by atoms with Gasteiger partial charge in [0.1, 0.15) is 6.23 Å². The summed E-state index contributed by atoms with van der Waals surface area (Å²) in [6, 6.07) is 0. The Balaban J connectivity index is 1.92. The van der Waals surface area contributed by atoms with Gasteiger partial charge >= 0.3 is 5.97 Å². The van der Waals surface area contributed by atoms with Gasteiger partial charge in [-0.05, 0) is 19.8 Å². The molecule has 3 heterocycles. The summed E-state index contributed by atoms with van der Waals surface area (Å²) in [4.78, 5) is 34.2. The molecule has 2 aromatic heterocycles. The molecule has 1 saturated heterocycles. The summed E-state index contributed by atoms with van der Waals surface area (Å²) < 4.78 is 12.3. The van der Waals surface area contributed by atoms with E-state index in [0.717, 1.165) is 0 Å². The number of aliphatic hydroxyl groups excluding tert-OH is 1. The standard InChI is InChI=1S/C13H16N4O5/c1-2-21-12(20)13(5-18)4-3-8(22-13)17-7-16-9-10(17)14-6-15-11(9)19/h6-8,18H,2-5H2,1H3,(H,14,15,19)/t8-,13+/m1/s1. The number of nitrogens with one attached hydrogen (secondary N) is 1. The SMILES string of the molecule is CCOC(=O)[C@@]1(CO)CC[C@H](n2cnc3c(=O)[nH]cnc32)O1. The fourth-order valence-electron chi connectivity index (χ4n) is 2.60. The van der Waals surface area contributed by atoms with E-state index in [1.165, 1.54) is 12.7 Å². The third-order valence-corrected chi connectivity index (χ3v) is 3.74. The van der Waals surface area contributed by atoms with Crippen molar-refractivity contribution in [2.75, 3.05) is 13.2 Å². The summed E-state index contributed by atoms with van der Waals surface area (Å²) in [6.45, 7) is 1.43. The van der Waals surface area contributed by atoms with Crippen molar-refractivity contribution in [2.45, 2.75) is 31.6 Å². The minimum Gasteiger partial charge on any atom is -0.464 e. The highest BCUT2D eigenvalue weighted by molar-refractivity contribution is 5.80. The van der Waals surface area contributed by atoms with Gasteiger partial charge in [0.2, 0.25) is 0 Å². The van der Waals surface area contributed by atoms with Crippen molar-refractivity contribution in [3.63, 3.8) is 0 Å². The lowest BCUT2D eigenvalue weighted by molar-refractivity contribution is -0.179. The Hall–Kier alpha value is -2.26. The van der Waals surface area contributed by atoms with Gasteiger partial charge in [-0.25, -0.2) is 14.8 Å². The van der Waals surface area contributed by atoms with E-state index in [0.29, 0.717) is 18.5 Å². The zero-order chi connectivity index (χ0) is 15.7. The number of nitrogens with zero attached hydrogens (tertiary/aromatic N) is 3. The molecule has 0 aromatic carbocycles. The molecule has 3 rings (SSSR count). The fourth-order valence-corrected chi connectivity index (χ4v) is 2.60. The minimum absolute atomic E-state index is 0.198. The van der Waals surface area contributed by atoms with E-state index in [9.17, 15) is 14.7 Å². The summed E-state index contributed by atoms with van der Waals surface area (Å²) in [5, 5.41) is 9.56. The van der Waals surface area contributed by atoms with Crippen LogP contribution in [-0.2, 0) is 14.3 Å².